The number of aryl methyl sites for hydroxylation is 1. The number of nitrogens with one attached hydrogen (secondary N) is 1. The monoisotopic (exact) mass is 252 g/mol. The molecule has 3 N–H and O–H groups in total. The summed E-state index contributed by atoms with van der Waals surface area (Å²) in [7, 11) is 0. The van der Waals surface area contributed by atoms with Crippen molar-refractivity contribution in [2.75, 3.05) is 11.9 Å². The molecule has 0 aliphatic heterocycles. The predicted octanol–water partition coefficient (Wildman–Crippen LogP) is 3.58. The Labute approximate surface area is 109 Å². The van der Waals surface area contributed by atoms with Crippen LogP contribution >= 0.6 is 11.6 Å². The highest BCUT2D eigenvalue weighted by Crippen LogP contribution is 2.38. The molecule has 1 aromatic carbocycles. The fourth-order valence-electron chi connectivity index (χ4n) is 2.74. The van der Waals surface area contributed by atoms with Crippen LogP contribution in [0, 0.1) is 12.8 Å². The lowest BCUT2D eigenvalue weighted by Crippen LogP contribution is -2.47. The summed E-state index contributed by atoms with van der Waals surface area (Å²) in [5.41, 5.74) is 8.23. The second-order valence-electron chi connectivity index (χ2n) is 5.24. The number of hydrogen-bond acceptors (Lipinski definition) is 2. The van der Waals surface area contributed by atoms with Crippen molar-refractivity contribution < 1.29 is 0 Å². The number of benzene rings is 1. The van der Waals surface area contributed by atoms with E-state index in [2.05, 4.69) is 24.4 Å². The summed E-state index contributed by atoms with van der Waals surface area (Å²) >= 11 is 6.15. The molecule has 1 aliphatic carbocycles. The summed E-state index contributed by atoms with van der Waals surface area (Å²) in [6.45, 7) is 4.98. The zero-order valence-electron chi connectivity index (χ0n) is 10.6. The second kappa shape index (κ2) is 4.87. The Bertz CT molecular complexity index is 405. The molecule has 1 saturated carbocycles. The molecule has 0 saturated heterocycles. The Hall–Kier alpha value is -0.730. The third-order valence-electron chi connectivity index (χ3n) is 4.13. The van der Waals surface area contributed by atoms with Crippen LogP contribution < -0.4 is 11.1 Å². The van der Waals surface area contributed by atoms with Crippen LogP contribution in [-0.2, 0) is 0 Å². The van der Waals surface area contributed by atoms with Gasteiger partial charge in [0.1, 0.15) is 0 Å². The third-order valence-corrected chi connectivity index (χ3v) is 4.54. The van der Waals surface area contributed by atoms with Gasteiger partial charge in [-0.2, -0.15) is 0 Å². The average molecular weight is 253 g/mol. The van der Waals surface area contributed by atoms with Crippen LogP contribution in [0.25, 0.3) is 0 Å². The molecule has 1 aromatic rings. The Morgan fingerprint density at radius 3 is 2.82 bits per heavy atom. The molecule has 1 aliphatic rings. The largest absolute Gasteiger partial charge is 0.378 e. The Kier molecular flexibility index (Phi) is 3.64. The second-order valence-corrected chi connectivity index (χ2v) is 5.65. The maximum atomic E-state index is 6.15. The molecular weight excluding hydrogens is 232 g/mol. The third kappa shape index (κ3) is 2.43. The quantitative estimate of drug-likeness (QED) is 0.863. The van der Waals surface area contributed by atoms with Gasteiger partial charge < -0.3 is 11.1 Å². The zero-order valence-corrected chi connectivity index (χ0v) is 11.3. The first-order valence-corrected chi connectivity index (χ1v) is 6.69. The van der Waals surface area contributed by atoms with Crippen LogP contribution in [0.15, 0.2) is 18.2 Å². The van der Waals surface area contributed by atoms with E-state index < -0.39 is 0 Å². The van der Waals surface area contributed by atoms with E-state index in [0.29, 0.717) is 12.5 Å². The molecule has 0 heterocycles. The van der Waals surface area contributed by atoms with Crippen LogP contribution in [0.4, 0.5) is 5.69 Å². The van der Waals surface area contributed by atoms with Crippen molar-refractivity contribution >= 4 is 17.3 Å². The minimum absolute atomic E-state index is 0.0542. The van der Waals surface area contributed by atoms with Gasteiger partial charge in [0.25, 0.3) is 0 Å². The van der Waals surface area contributed by atoms with E-state index in [1.807, 2.05) is 13.0 Å². The van der Waals surface area contributed by atoms with Gasteiger partial charge in [0.15, 0.2) is 0 Å². The zero-order chi connectivity index (χ0) is 12.5. The topological polar surface area (TPSA) is 38.0 Å². The fourth-order valence-corrected chi connectivity index (χ4v) is 2.92. The van der Waals surface area contributed by atoms with Crippen molar-refractivity contribution in [2.45, 2.75) is 38.6 Å². The van der Waals surface area contributed by atoms with E-state index >= 15 is 0 Å². The molecule has 1 fully saturated rings. The normalized spacial score (nSPS) is 28.4. The Morgan fingerprint density at radius 1 is 1.53 bits per heavy atom. The molecule has 2 nitrogen and oxygen atoms in total. The molecule has 0 spiro atoms. The Morgan fingerprint density at radius 2 is 2.29 bits per heavy atom. The maximum Gasteiger partial charge on any atom is 0.0521 e. The molecular formula is C14H21ClN2. The van der Waals surface area contributed by atoms with Crippen molar-refractivity contribution in [3.63, 3.8) is 0 Å². The first-order valence-electron chi connectivity index (χ1n) is 6.32. The van der Waals surface area contributed by atoms with Gasteiger partial charge in [-0.3, -0.25) is 0 Å². The van der Waals surface area contributed by atoms with Gasteiger partial charge in [0.2, 0.25) is 0 Å². The van der Waals surface area contributed by atoms with Crippen molar-refractivity contribution in [1.29, 1.82) is 0 Å². The molecule has 0 aromatic heterocycles. The van der Waals surface area contributed by atoms with Crippen molar-refractivity contribution in [2.24, 2.45) is 11.7 Å². The van der Waals surface area contributed by atoms with E-state index in [4.69, 9.17) is 17.3 Å². The number of nitrogens with two attached hydrogens (primary N) is 1. The van der Waals surface area contributed by atoms with Crippen LogP contribution in [0.1, 0.15) is 31.7 Å². The number of anilines is 1. The Balaban J connectivity index is 2.21. The van der Waals surface area contributed by atoms with Gasteiger partial charge in [-0.1, -0.05) is 31.0 Å². The molecule has 17 heavy (non-hydrogen) atoms. The number of rotatable bonds is 3. The van der Waals surface area contributed by atoms with Crippen LogP contribution in [0.5, 0.6) is 0 Å². The maximum absolute atomic E-state index is 6.15. The van der Waals surface area contributed by atoms with E-state index in [1.165, 1.54) is 12.8 Å². The summed E-state index contributed by atoms with van der Waals surface area (Å²) in [5, 5.41) is 4.43. The van der Waals surface area contributed by atoms with E-state index in [9.17, 15) is 0 Å². The minimum Gasteiger partial charge on any atom is -0.378 e. The first kappa shape index (κ1) is 12.7. The van der Waals surface area contributed by atoms with Gasteiger partial charge in [-0.05, 0) is 43.4 Å². The lowest BCUT2D eigenvalue weighted by Gasteiger charge is -2.35. The summed E-state index contributed by atoms with van der Waals surface area (Å²) in [4.78, 5) is 0. The SMILES string of the molecule is Cc1ccc(NC2(CN)CCCC2C)cc1Cl. The molecule has 94 valence electrons. The summed E-state index contributed by atoms with van der Waals surface area (Å²) in [6, 6.07) is 6.14. The molecule has 2 atom stereocenters. The van der Waals surface area contributed by atoms with Crippen LogP contribution in [0.2, 0.25) is 5.02 Å². The number of hydrogen-bond donors (Lipinski definition) is 2. The smallest absolute Gasteiger partial charge is 0.0521 e. The predicted molar refractivity (Wildman–Crippen MR) is 74.6 cm³/mol. The molecule has 3 heteroatoms. The molecule has 2 rings (SSSR count). The molecule has 0 radical (unpaired) electrons. The van der Waals surface area contributed by atoms with Crippen molar-refractivity contribution in [1.82, 2.24) is 0 Å². The standard InChI is InChI=1S/C14H21ClN2/c1-10-5-6-12(8-13(10)15)17-14(9-16)7-3-4-11(14)2/h5-6,8,11,17H,3-4,7,9,16H2,1-2H3. The van der Waals surface area contributed by atoms with Gasteiger partial charge >= 0.3 is 0 Å². The lowest BCUT2D eigenvalue weighted by atomic mass is 9.88. The number of halogens is 1. The van der Waals surface area contributed by atoms with E-state index in [-0.39, 0.29) is 5.54 Å². The van der Waals surface area contributed by atoms with Gasteiger partial charge in [0.05, 0.1) is 5.54 Å². The van der Waals surface area contributed by atoms with Crippen molar-refractivity contribution in [3.05, 3.63) is 28.8 Å². The highest BCUT2D eigenvalue weighted by atomic mass is 35.5. The van der Waals surface area contributed by atoms with Crippen LogP contribution in [0.3, 0.4) is 0 Å². The highest BCUT2D eigenvalue weighted by molar-refractivity contribution is 6.31. The van der Waals surface area contributed by atoms with E-state index in [1.54, 1.807) is 0 Å². The van der Waals surface area contributed by atoms with Gasteiger partial charge in [-0.25, -0.2) is 0 Å². The fraction of sp³-hybridized carbons (Fsp3) is 0.571. The highest BCUT2D eigenvalue weighted by Gasteiger charge is 2.38. The minimum atomic E-state index is 0.0542. The lowest BCUT2D eigenvalue weighted by molar-refractivity contribution is 0.382. The van der Waals surface area contributed by atoms with Crippen molar-refractivity contribution in [3.8, 4) is 0 Å². The average Bonchev–Trinajstić information content (AvgIpc) is 2.66. The van der Waals surface area contributed by atoms with Crippen LogP contribution in [-0.4, -0.2) is 12.1 Å². The first-order chi connectivity index (χ1) is 8.07. The van der Waals surface area contributed by atoms with Gasteiger partial charge in [0, 0.05) is 17.3 Å². The molecule has 0 amide bonds. The van der Waals surface area contributed by atoms with E-state index in [0.717, 1.165) is 22.7 Å². The summed E-state index contributed by atoms with van der Waals surface area (Å²) in [6.07, 6.45) is 3.66. The summed E-state index contributed by atoms with van der Waals surface area (Å²) < 4.78 is 0. The molecule has 2 unspecified atom stereocenters. The molecule has 0 bridgehead atoms. The summed E-state index contributed by atoms with van der Waals surface area (Å²) in [5.74, 6) is 0.618. The van der Waals surface area contributed by atoms with Gasteiger partial charge in [-0.15, -0.1) is 0 Å².